The minimum Gasteiger partial charge on any atom is -0.389 e. The zero-order chi connectivity index (χ0) is 14.5. The highest BCUT2D eigenvalue weighted by Crippen LogP contribution is 2.21. The first-order valence-electron chi connectivity index (χ1n) is 6.92. The van der Waals surface area contributed by atoms with E-state index in [1.165, 1.54) is 16.7 Å². The quantitative estimate of drug-likeness (QED) is 0.914. The van der Waals surface area contributed by atoms with Crippen molar-refractivity contribution in [2.75, 3.05) is 0 Å². The Morgan fingerprint density at radius 1 is 1.10 bits per heavy atom. The van der Waals surface area contributed by atoms with Gasteiger partial charge in [-0.15, -0.1) is 0 Å². The number of hydrogen-bond donors (Lipinski definition) is 1. The van der Waals surface area contributed by atoms with E-state index in [1.807, 2.05) is 30.3 Å². The topological polar surface area (TPSA) is 44.0 Å². The van der Waals surface area contributed by atoms with E-state index in [4.69, 9.17) is 5.26 Å². The molecule has 0 saturated heterocycles. The number of aliphatic hydroxyl groups excluding tert-OH is 1. The van der Waals surface area contributed by atoms with E-state index in [0.717, 1.165) is 18.4 Å². The molecule has 0 heterocycles. The zero-order valence-corrected chi connectivity index (χ0v) is 11.9. The molecule has 0 aliphatic carbocycles. The Kier molecular flexibility index (Phi) is 4.55. The fourth-order valence-electron chi connectivity index (χ4n) is 2.32. The van der Waals surface area contributed by atoms with Gasteiger partial charge in [-0.05, 0) is 54.2 Å². The number of aryl methyl sites for hydroxylation is 1. The van der Waals surface area contributed by atoms with E-state index in [9.17, 15) is 5.11 Å². The largest absolute Gasteiger partial charge is 0.389 e. The second kappa shape index (κ2) is 6.36. The van der Waals surface area contributed by atoms with Crippen molar-refractivity contribution in [3.8, 4) is 6.07 Å². The molecule has 0 aliphatic heterocycles. The standard InChI is InChI=1S/C18H19NO/c1-3-16-11-17(13(2)20)8-9-18(16)10-14-4-6-15(12-19)7-5-14/h4-9,11,13,20H,3,10H2,1-2H3. The summed E-state index contributed by atoms with van der Waals surface area (Å²) in [4.78, 5) is 0. The lowest BCUT2D eigenvalue weighted by Gasteiger charge is -2.12. The summed E-state index contributed by atoms with van der Waals surface area (Å²) in [5.74, 6) is 0. The van der Waals surface area contributed by atoms with Crippen LogP contribution >= 0.6 is 0 Å². The molecule has 2 heteroatoms. The Morgan fingerprint density at radius 3 is 2.35 bits per heavy atom. The second-order valence-corrected chi connectivity index (χ2v) is 5.04. The monoisotopic (exact) mass is 265 g/mol. The summed E-state index contributed by atoms with van der Waals surface area (Å²) >= 11 is 0. The van der Waals surface area contributed by atoms with E-state index in [1.54, 1.807) is 6.92 Å². The highest BCUT2D eigenvalue weighted by atomic mass is 16.3. The van der Waals surface area contributed by atoms with Crippen molar-refractivity contribution in [1.29, 1.82) is 5.26 Å². The normalized spacial score (nSPS) is 11.9. The molecule has 102 valence electrons. The summed E-state index contributed by atoms with van der Waals surface area (Å²) in [7, 11) is 0. The van der Waals surface area contributed by atoms with Gasteiger partial charge < -0.3 is 5.11 Å². The van der Waals surface area contributed by atoms with E-state index >= 15 is 0 Å². The molecule has 0 spiro atoms. The molecule has 2 nitrogen and oxygen atoms in total. The number of rotatable bonds is 4. The molecule has 1 atom stereocenters. The van der Waals surface area contributed by atoms with Gasteiger partial charge in [-0.3, -0.25) is 0 Å². The maximum Gasteiger partial charge on any atom is 0.0991 e. The van der Waals surface area contributed by atoms with Crippen molar-refractivity contribution in [2.45, 2.75) is 32.8 Å². The van der Waals surface area contributed by atoms with Gasteiger partial charge in [0.2, 0.25) is 0 Å². The first-order valence-corrected chi connectivity index (χ1v) is 6.92. The van der Waals surface area contributed by atoms with Gasteiger partial charge >= 0.3 is 0 Å². The molecule has 1 unspecified atom stereocenters. The highest BCUT2D eigenvalue weighted by molar-refractivity contribution is 5.38. The average molecular weight is 265 g/mol. The molecule has 0 radical (unpaired) electrons. The molecule has 0 aromatic heterocycles. The third-order valence-electron chi connectivity index (χ3n) is 3.57. The number of nitrogens with zero attached hydrogens (tertiary/aromatic N) is 1. The SMILES string of the molecule is CCc1cc(C(C)O)ccc1Cc1ccc(C#N)cc1. The van der Waals surface area contributed by atoms with Crippen LogP contribution in [0, 0.1) is 11.3 Å². The van der Waals surface area contributed by atoms with Crippen LogP contribution in [0.1, 0.15) is 47.8 Å². The molecule has 0 amide bonds. The van der Waals surface area contributed by atoms with Gasteiger partial charge in [0.1, 0.15) is 0 Å². The van der Waals surface area contributed by atoms with Crippen molar-refractivity contribution in [3.05, 3.63) is 70.3 Å². The van der Waals surface area contributed by atoms with Crippen LogP contribution in [0.5, 0.6) is 0 Å². The lowest BCUT2D eigenvalue weighted by atomic mass is 9.95. The van der Waals surface area contributed by atoms with Crippen molar-refractivity contribution < 1.29 is 5.11 Å². The molecule has 0 saturated carbocycles. The van der Waals surface area contributed by atoms with Crippen LogP contribution in [0.3, 0.4) is 0 Å². The van der Waals surface area contributed by atoms with Gasteiger partial charge in [-0.2, -0.15) is 5.26 Å². The Morgan fingerprint density at radius 2 is 1.80 bits per heavy atom. The van der Waals surface area contributed by atoms with Crippen molar-refractivity contribution in [2.24, 2.45) is 0 Å². The molecule has 2 aromatic rings. The van der Waals surface area contributed by atoms with Crippen molar-refractivity contribution >= 4 is 0 Å². The third kappa shape index (κ3) is 3.26. The van der Waals surface area contributed by atoms with Crippen LogP contribution in [-0.4, -0.2) is 5.11 Å². The summed E-state index contributed by atoms with van der Waals surface area (Å²) in [6.45, 7) is 3.92. The van der Waals surface area contributed by atoms with Crippen LogP contribution in [-0.2, 0) is 12.8 Å². The van der Waals surface area contributed by atoms with Crippen molar-refractivity contribution in [3.63, 3.8) is 0 Å². The summed E-state index contributed by atoms with van der Waals surface area (Å²) in [5, 5.41) is 18.5. The summed E-state index contributed by atoms with van der Waals surface area (Å²) in [6, 6.07) is 16.0. The van der Waals surface area contributed by atoms with Crippen LogP contribution in [0.4, 0.5) is 0 Å². The molecule has 0 bridgehead atoms. The van der Waals surface area contributed by atoms with E-state index in [-0.39, 0.29) is 0 Å². The van der Waals surface area contributed by atoms with Crippen LogP contribution < -0.4 is 0 Å². The molecule has 2 rings (SSSR count). The van der Waals surface area contributed by atoms with Crippen molar-refractivity contribution in [1.82, 2.24) is 0 Å². The molecule has 2 aromatic carbocycles. The van der Waals surface area contributed by atoms with E-state index in [0.29, 0.717) is 5.56 Å². The van der Waals surface area contributed by atoms with Crippen LogP contribution in [0.2, 0.25) is 0 Å². The first-order chi connectivity index (χ1) is 9.63. The fraction of sp³-hybridized carbons (Fsp3) is 0.278. The Hall–Kier alpha value is -2.11. The molecular weight excluding hydrogens is 246 g/mol. The fourth-order valence-corrected chi connectivity index (χ4v) is 2.32. The second-order valence-electron chi connectivity index (χ2n) is 5.04. The molecule has 0 aliphatic rings. The predicted octanol–water partition coefficient (Wildman–Crippen LogP) is 3.76. The van der Waals surface area contributed by atoms with Gasteiger partial charge in [0, 0.05) is 0 Å². The van der Waals surface area contributed by atoms with E-state index < -0.39 is 6.10 Å². The lowest BCUT2D eigenvalue weighted by molar-refractivity contribution is 0.199. The first kappa shape index (κ1) is 14.3. The maximum atomic E-state index is 9.65. The summed E-state index contributed by atoms with van der Waals surface area (Å²) < 4.78 is 0. The number of nitriles is 1. The zero-order valence-electron chi connectivity index (χ0n) is 11.9. The highest BCUT2D eigenvalue weighted by Gasteiger charge is 2.07. The smallest absolute Gasteiger partial charge is 0.0991 e. The predicted molar refractivity (Wildman–Crippen MR) is 80.4 cm³/mol. The lowest BCUT2D eigenvalue weighted by Crippen LogP contribution is -1.99. The number of benzene rings is 2. The molecule has 20 heavy (non-hydrogen) atoms. The molecule has 0 fully saturated rings. The minimum atomic E-state index is -0.427. The number of hydrogen-bond acceptors (Lipinski definition) is 2. The third-order valence-corrected chi connectivity index (χ3v) is 3.57. The van der Waals surface area contributed by atoms with Gasteiger partial charge in [-0.1, -0.05) is 37.3 Å². The Bertz CT molecular complexity index is 621. The molecular formula is C18H19NO. The van der Waals surface area contributed by atoms with Gasteiger partial charge in [0.05, 0.1) is 17.7 Å². The van der Waals surface area contributed by atoms with Crippen LogP contribution in [0.25, 0.3) is 0 Å². The van der Waals surface area contributed by atoms with Crippen LogP contribution in [0.15, 0.2) is 42.5 Å². The Labute approximate surface area is 120 Å². The summed E-state index contributed by atoms with van der Waals surface area (Å²) in [6.07, 6.45) is 1.38. The van der Waals surface area contributed by atoms with Gasteiger partial charge in [0.25, 0.3) is 0 Å². The van der Waals surface area contributed by atoms with Gasteiger partial charge in [0.15, 0.2) is 0 Å². The van der Waals surface area contributed by atoms with Gasteiger partial charge in [-0.25, -0.2) is 0 Å². The average Bonchev–Trinajstić information content (AvgIpc) is 2.48. The minimum absolute atomic E-state index is 0.427. The maximum absolute atomic E-state index is 9.65. The van der Waals surface area contributed by atoms with E-state index in [2.05, 4.69) is 25.1 Å². The molecule has 1 N–H and O–H groups in total. The summed E-state index contributed by atoms with van der Waals surface area (Å²) in [5.41, 5.74) is 5.40. The Balaban J connectivity index is 2.26. The number of aliphatic hydroxyl groups is 1.